The molecule has 3 aromatic rings. The van der Waals surface area contributed by atoms with E-state index in [0.717, 1.165) is 55.7 Å². The van der Waals surface area contributed by atoms with Crippen LogP contribution in [0.2, 0.25) is 0 Å². The fourth-order valence-electron chi connectivity index (χ4n) is 4.80. The molecule has 31 heavy (non-hydrogen) atoms. The number of benzene rings is 1. The summed E-state index contributed by atoms with van der Waals surface area (Å²) < 4.78 is 5.28. The van der Waals surface area contributed by atoms with Gasteiger partial charge in [-0.3, -0.25) is 10.00 Å². The Labute approximate surface area is 183 Å². The number of nitrogens with one attached hydrogen (secondary N) is 1. The van der Waals surface area contributed by atoms with Crippen molar-refractivity contribution in [3.8, 4) is 17.0 Å². The fourth-order valence-corrected chi connectivity index (χ4v) is 4.80. The Morgan fingerprint density at radius 3 is 2.71 bits per heavy atom. The highest BCUT2D eigenvalue weighted by Crippen LogP contribution is 2.33. The van der Waals surface area contributed by atoms with Gasteiger partial charge in [0.15, 0.2) is 0 Å². The van der Waals surface area contributed by atoms with Crippen LogP contribution in [0.5, 0.6) is 5.75 Å². The van der Waals surface area contributed by atoms with Gasteiger partial charge in [0.05, 0.1) is 19.0 Å². The Morgan fingerprint density at radius 2 is 1.90 bits per heavy atom. The standard InChI is InChI=1S/C24H30N6O/c1-31-20-8-6-18(7-9-20)16-29-12-4-5-19(17-29)23-21(15-26-28-23)22-10-11-25-24(27-22)30-13-2-3-14-30/h6-11,15,19H,2-5,12-14,16-17H2,1H3,(H,26,28)/t19-/m1/s1. The molecule has 0 bridgehead atoms. The molecule has 0 radical (unpaired) electrons. The van der Waals surface area contributed by atoms with Gasteiger partial charge in [-0.1, -0.05) is 12.1 Å². The predicted octanol–water partition coefficient (Wildman–Crippen LogP) is 3.86. The molecule has 2 aliphatic rings. The van der Waals surface area contributed by atoms with E-state index in [9.17, 15) is 0 Å². The highest BCUT2D eigenvalue weighted by molar-refractivity contribution is 5.63. The van der Waals surface area contributed by atoms with Crippen molar-refractivity contribution in [1.29, 1.82) is 0 Å². The lowest BCUT2D eigenvalue weighted by molar-refractivity contribution is 0.198. The van der Waals surface area contributed by atoms with Gasteiger partial charge in [0, 0.05) is 49.6 Å². The zero-order valence-electron chi connectivity index (χ0n) is 18.1. The molecule has 0 saturated carbocycles. The predicted molar refractivity (Wildman–Crippen MR) is 121 cm³/mol. The average Bonchev–Trinajstić information content (AvgIpc) is 3.52. The number of methoxy groups -OCH3 is 1. The Balaban J connectivity index is 1.32. The number of hydrogen-bond donors (Lipinski definition) is 1. The number of nitrogens with zero attached hydrogens (tertiary/aromatic N) is 5. The van der Waals surface area contributed by atoms with Crippen molar-refractivity contribution in [3.63, 3.8) is 0 Å². The summed E-state index contributed by atoms with van der Waals surface area (Å²) in [6, 6.07) is 10.4. The van der Waals surface area contributed by atoms with E-state index in [1.54, 1.807) is 7.11 Å². The zero-order chi connectivity index (χ0) is 21.0. The van der Waals surface area contributed by atoms with Gasteiger partial charge >= 0.3 is 0 Å². The first-order valence-electron chi connectivity index (χ1n) is 11.3. The molecule has 1 atom stereocenters. The molecule has 1 aromatic carbocycles. The fraction of sp³-hybridized carbons (Fsp3) is 0.458. The number of H-pyrrole nitrogens is 1. The number of anilines is 1. The van der Waals surface area contributed by atoms with Gasteiger partial charge in [0.1, 0.15) is 5.75 Å². The van der Waals surface area contributed by atoms with Gasteiger partial charge in [0.25, 0.3) is 0 Å². The first kappa shape index (κ1) is 20.0. The van der Waals surface area contributed by atoms with Crippen LogP contribution in [-0.4, -0.2) is 58.4 Å². The van der Waals surface area contributed by atoms with Crippen LogP contribution < -0.4 is 9.64 Å². The molecule has 2 saturated heterocycles. The van der Waals surface area contributed by atoms with Crippen LogP contribution in [0.3, 0.4) is 0 Å². The summed E-state index contributed by atoms with van der Waals surface area (Å²) >= 11 is 0. The van der Waals surface area contributed by atoms with Gasteiger partial charge in [-0.25, -0.2) is 9.97 Å². The van der Waals surface area contributed by atoms with E-state index in [0.29, 0.717) is 5.92 Å². The number of aromatic nitrogens is 4. The zero-order valence-corrected chi connectivity index (χ0v) is 18.1. The van der Waals surface area contributed by atoms with Gasteiger partial charge in [-0.2, -0.15) is 5.10 Å². The Bertz CT molecular complexity index is 995. The molecule has 2 aliphatic heterocycles. The van der Waals surface area contributed by atoms with E-state index in [1.807, 2.05) is 30.6 Å². The van der Waals surface area contributed by atoms with Crippen molar-refractivity contribution in [1.82, 2.24) is 25.1 Å². The largest absolute Gasteiger partial charge is 0.497 e. The van der Waals surface area contributed by atoms with Crippen molar-refractivity contribution < 1.29 is 4.74 Å². The molecule has 4 heterocycles. The molecule has 0 spiro atoms. The van der Waals surface area contributed by atoms with Crippen LogP contribution in [0.15, 0.2) is 42.7 Å². The minimum Gasteiger partial charge on any atom is -0.497 e. The second-order valence-electron chi connectivity index (χ2n) is 8.56. The highest BCUT2D eigenvalue weighted by atomic mass is 16.5. The lowest BCUT2D eigenvalue weighted by Gasteiger charge is -2.32. The number of aromatic amines is 1. The van der Waals surface area contributed by atoms with Gasteiger partial charge in [-0.05, 0) is 56.0 Å². The number of rotatable bonds is 6. The van der Waals surface area contributed by atoms with Crippen LogP contribution in [0.1, 0.15) is 42.9 Å². The van der Waals surface area contributed by atoms with Gasteiger partial charge < -0.3 is 9.64 Å². The third-order valence-electron chi connectivity index (χ3n) is 6.46. The minimum atomic E-state index is 0.426. The third-order valence-corrected chi connectivity index (χ3v) is 6.46. The van der Waals surface area contributed by atoms with E-state index >= 15 is 0 Å². The smallest absolute Gasteiger partial charge is 0.225 e. The first-order chi connectivity index (χ1) is 15.3. The molecule has 162 valence electrons. The molecule has 2 aromatic heterocycles. The molecule has 5 rings (SSSR count). The van der Waals surface area contributed by atoms with Crippen molar-refractivity contribution in [2.75, 3.05) is 38.2 Å². The van der Waals surface area contributed by atoms with E-state index in [4.69, 9.17) is 9.72 Å². The maximum atomic E-state index is 5.28. The molecule has 0 unspecified atom stereocenters. The monoisotopic (exact) mass is 418 g/mol. The van der Waals surface area contributed by atoms with Crippen molar-refractivity contribution in [3.05, 3.63) is 54.0 Å². The maximum absolute atomic E-state index is 5.28. The Hall–Kier alpha value is -2.93. The number of ether oxygens (including phenoxy) is 1. The number of hydrogen-bond acceptors (Lipinski definition) is 6. The van der Waals surface area contributed by atoms with Crippen molar-refractivity contribution in [2.24, 2.45) is 0 Å². The summed E-state index contributed by atoms with van der Waals surface area (Å²) in [6.45, 7) is 5.19. The lowest BCUT2D eigenvalue weighted by atomic mass is 9.91. The molecule has 2 fully saturated rings. The molecular formula is C24H30N6O. The van der Waals surface area contributed by atoms with Crippen LogP contribution in [0.25, 0.3) is 11.3 Å². The van der Waals surface area contributed by atoms with E-state index in [1.165, 1.54) is 36.9 Å². The topological polar surface area (TPSA) is 70.2 Å². The van der Waals surface area contributed by atoms with Crippen LogP contribution in [0, 0.1) is 0 Å². The van der Waals surface area contributed by atoms with Gasteiger partial charge in [0.2, 0.25) is 5.95 Å². The summed E-state index contributed by atoms with van der Waals surface area (Å²) in [6.07, 6.45) is 8.59. The second-order valence-corrected chi connectivity index (χ2v) is 8.56. The van der Waals surface area contributed by atoms with Crippen LogP contribution in [0.4, 0.5) is 5.95 Å². The average molecular weight is 419 g/mol. The lowest BCUT2D eigenvalue weighted by Crippen LogP contribution is -2.34. The van der Waals surface area contributed by atoms with E-state index < -0.39 is 0 Å². The van der Waals surface area contributed by atoms with Crippen LogP contribution >= 0.6 is 0 Å². The van der Waals surface area contributed by atoms with Crippen molar-refractivity contribution in [2.45, 2.75) is 38.1 Å². The SMILES string of the molecule is COc1ccc(CN2CCC[C@@H](c3[nH]ncc3-c3ccnc(N4CCCC4)n3)C2)cc1. The van der Waals surface area contributed by atoms with E-state index in [-0.39, 0.29) is 0 Å². The minimum absolute atomic E-state index is 0.426. The molecule has 0 aliphatic carbocycles. The number of piperidine rings is 1. The first-order valence-corrected chi connectivity index (χ1v) is 11.3. The molecule has 1 N–H and O–H groups in total. The molecule has 7 heteroatoms. The molecule has 0 amide bonds. The Kier molecular flexibility index (Phi) is 5.84. The maximum Gasteiger partial charge on any atom is 0.225 e. The van der Waals surface area contributed by atoms with Crippen LogP contribution in [-0.2, 0) is 6.54 Å². The highest BCUT2D eigenvalue weighted by Gasteiger charge is 2.26. The molecule has 7 nitrogen and oxygen atoms in total. The summed E-state index contributed by atoms with van der Waals surface area (Å²) in [4.78, 5) is 14.2. The second kappa shape index (κ2) is 9.06. The summed E-state index contributed by atoms with van der Waals surface area (Å²) in [5.74, 6) is 2.17. The number of likely N-dealkylation sites (tertiary alicyclic amines) is 1. The Morgan fingerprint density at radius 1 is 1.06 bits per heavy atom. The molecular weight excluding hydrogens is 388 g/mol. The van der Waals surface area contributed by atoms with E-state index in [2.05, 4.69) is 37.1 Å². The normalized spacial score (nSPS) is 19.6. The summed E-state index contributed by atoms with van der Waals surface area (Å²) in [5, 5.41) is 7.69. The van der Waals surface area contributed by atoms with Crippen molar-refractivity contribution >= 4 is 5.95 Å². The summed E-state index contributed by atoms with van der Waals surface area (Å²) in [7, 11) is 1.71. The third kappa shape index (κ3) is 4.42. The quantitative estimate of drug-likeness (QED) is 0.656. The summed E-state index contributed by atoms with van der Waals surface area (Å²) in [5.41, 5.74) is 4.59. The van der Waals surface area contributed by atoms with Gasteiger partial charge in [-0.15, -0.1) is 0 Å².